The number of nitrogens with zero attached hydrogens (tertiary/aromatic N) is 1. The summed E-state index contributed by atoms with van der Waals surface area (Å²) in [5, 5.41) is 3.58. The number of benzene rings is 2. The number of thioether (sulfide) groups is 1. The zero-order valence-electron chi connectivity index (χ0n) is 18.2. The molecule has 0 aliphatic carbocycles. The first-order valence-electron chi connectivity index (χ1n) is 10.6. The van der Waals surface area contributed by atoms with Gasteiger partial charge in [-0.05, 0) is 60.6 Å². The van der Waals surface area contributed by atoms with Gasteiger partial charge in [-0.1, -0.05) is 48.3 Å². The summed E-state index contributed by atoms with van der Waals surface area (Å²) in [5.74, 6) is 1.55. The van der Waals surface area contributed by atoms with Crippen LogP contribution in [0.3, 0.4) is 0 Å². The van der Waals surface area contributed by atoms with Gasteiger partial charge in [0.2, 0.25) is 0 Å². The van der Waals surface area contributed by atoms with Crippen molar-refractivity contribution in [2.75, 3.05) is 26.0 Å². The van der Waals surface area contributed by atoms with Crippen LogP contribution in [0.1, 0.15) is 42.9 Å². The lowest BCUT2D eigenvalue weighted by molar-refractivity contribution is -0.139. The van der Waals surface area contributed by atoms with E-state index in [9.17, 15) is 9.70 Å². The number of nitroso groups, excluding NO2 is 1. The molecular formula is C24H30ClNO4S. The lowest BCUT2D eigenvalue weighted by atomic mass is 10.0. The molecule has 0 N–H and O–H groups in total. The third kappa shape index (κ3) is 8.91. The van der Waals surface area contributed by atoms with Crippen LogP contribution in [0, 0.1) is 4.91 Å². The van der Waals surface area contributed by atoms with E-state index < -0.39 is 0 Å². The SMILES string of the molecule is CCCc1cc(CCCN=O)ccc1OCCCSc1ccc(CC(=O)OC)cc1Cl. The minimum atomic E-state index is -0.276. The van der Waals surface area contributed by atoms with Gasteiger partial charge in [-0.3, -0.25) is 4.79 Å². The number of aryl methyl sites for hydroxylation is 2. The average Bonchev–Trinajstić information content (AvgIpc) is 2.76. The first-order chi connectivity index (χ1) is 15.1. The molecule has 0 unspecified atom stereocenters. The quantitative estimate of drug-likeness (QED) is 0.143. The Balaban J connectivity index is 1.81. The van der Waals surface area contributed by atoms with Crippen molar-refractivity contribution in [2.24, 2.45) is 5.18 Å². The second kappa shape index (κ2) is 14.1. The number of hydrogen-bond acceptors (Lipinski definition) is 6. The van der Waals surface area contributed by atoms with E-state index in [4.69, 9.17) is 16.3 Å². The molecule has 0 spiro atoms. The van der Waals surface area contributed by atoms with Crippen LogP contribution in [-0.4, -0.2) is 32.0 Å². The number of hydrogen-bond donors (Lipinski definition) is 0. The maximum atomic E-state index is 11.4. The highest BCUT2D eigenvalue weighted by molar-refractivity contribution is 7.99. The van der Waals surface area contributed by atoms with Crippen molar-refractivity contribution >= 4 is 29.3 Å². The smallest absolute Gasteiger partial charge is 0.309 e. The van der Waals surface area contributed by atoms with Gasteiger partial charge in [0, 0.05) is 10.6 Å². The van der Waals surface area contributed by atoms with Gasteiger partial charge >= 0.3 is 5.97 Å². The van der Waals surface area contributed by atoms with Gasteiger partial charge in [0.15, 0.2) is 0 Å². The summed E-state index contributed by atoms with van der Waals surface area (Å²) in [6.07, 6.45) is 4.77. The van der Waals surface area contributed by atoms with Crippen molar-refractivity contribution < 1.29 is 14.3 Å². The fourth-order valence-corrected chi connectivity index (χ4v) is 4.38. The Morgan fingerprint density at radius 1 is 1.10 bits per heavy atom. The van der Waals surface area contributed by atoms with Crippen molar-refractivity contribution in [3.8, 4) is 5.75 Å². The molecule has 2 rings (SSSR count). The molecule has 0 fully saturated rings. The summed E-state index contributed by atoms with van der Waals surface area (Å²) in [6, 6.07) is 12.0. The Kier molecular flexibility index (Phi) is 11.5. The van der Waals surface area contributed by atoms with Gasteiger partial charge in [0.05, 0.1) is 31.7 Å². The van der Waals surface area contributed by atoms with Gasteiger partial charge in [-0.25, -0.2) is 0 Å². The van der Waals surface area contributed by atoms with E-state index in [1.807, 2.05) is 24.3 Å². The Labute approximate surface area is 193 Å². The second-order valence-electron chi connectivity index (χ2n) is 7.22. The molecule has 5 nitrogen and oxygen atoms in total. The molecule has 0 bridgehead atoms. The molecule has 0 atom stereocenters. The van der Waals surface area contributed by atoms with Crippen LogP contribution < -0.4 is 4.74 Å². The maximum Gasteiger partial charge on any atom is 0.309 e. The molecule has 168 valence electrons. The molecule has 0 amide bonds. The molecule has 0 aromatic heterocycles. The number of carbonyl (C=O) groups is 1. The molecule has 0 radical (unpaired) electrons. The topological polar surface area (TPSA) is 65.0 Å². The third-order valence-corrected chi connectivity index (χ3v) is 6.32. The van der Waals surface area contributed by atoms with Crippen LogP contribution in [0.4, 0.5) is 0 Å². The van der Waals surface area contributed by atoms with E-state index in [0.29, 0.717) is 18.2 Å². The van der Waals surface area contributed by atoms with Crippen LogP contribution in [0.5, 0.6) is 5.75 Å². The minimum absolute atomic E-state index is 0.224. The summed E-state index contributed by atoms with van der Waals surface area (Å²) in [7, 11) is 1.38. The third-order valence-electron chi connectivity index (χ3n) is 4.74. The average molecular weight is 464 g/mol. The van der Waals surface area contributed by atoms with Gasteiger partial charge in [0.25, 0.3) is 0 Å². The van der Waals surface area contributed by atoms with Gasteiger partial charge in [-0.15, -0.1) is 11.8 Å². The molecule has 7 heteroatoms. The molecule has 0 heterocycles. The van der Waals surface area contributed by atoms with Crippen LogP contribution in [0.25, 0.3) is 0 Å². The predicted molar refractivity (Wildman–Crippen MR) is 127 cm³/mol. The highest BCUT2D eigenvalue weighted by atomic mass is 35.5. The molecule has 0 aliphatic heterocycles. The lowest BCUT2D eigenvalue weighted by Gasteiger charge is -2.13. The summed E-state index contributed by atoms with van der Waals surface area (Å²) in [6.45, 7) is 3.15. The highest BCUT2D eigenvalue weighted by Crippen LogP contribution is 2.29. The Hall–Kier alpha value is -2.05. The van der Waals surface area contributed by atoms with Crippen LogP contribution in [0.2, 0.25) is 5.02 Å². The molecular weight excluding hydrogens is 434 g/mol. The zero-order valence-corrected chi connectivity index (χ0v) is 19.8. The summed E-state index contributed by atoms with van der Waals surface area (Å²) < 4.78 is 10.7. The molecule has 0 saturated heterocycles. The predicted octanol–water partition coefficient (Wildman–Crippen LogP) is 6.27. The summed E-state index contributed by atoms with van der Waals surface area (Å²) in [5.41, 5.74) is 3.29. The van der Waals surface area contributed by atoms with Gasteiger partial charge < -0.3 is 9.47 Å². The van der Waals surface area contributed by atoms with Crippen LogP contribution >= 0.6 is 23.4 Å². The number of ether oxygens (including phenoxy) is 2. The molecule has 0 aliphatic rings. The number of halogens is 1. The van der Waals surface area contributed by atoms with E-state index in [1.165, 1.54) is 18.2 Å². The van der Waals surface area contributed by atoms with E-state index in [1.54, 1.807) is 11.8 Å². The van der Waals surface area contributed by atoms with E-state index in [2.05, 4.69) is 29.0 Å². The molecule has 0 saturated carbocycles. The van der Waals surface area contributed by atoms with Gasteiger partial charge in [0.1, 0.15) is 5.75 Å². The number of rotatable bonds is 14. The largest absolute Gasteiger partial charge is 0.493 e. The Bertz CT molecular complexity index is 859. The van der Waals surface area contributed by atoms with Crippen LogP contribution in [0.15, 0.2) is 46.5 Å². The molecule has 2 aromatic carbocycles. The number of carbonyl (C=O) groups excluding carboxylic acids is 1. The Morgan fingerprint density at radius 3 is 2.61 bits per heavy atom. The normalized spacial score (nSPS) is 10.7. The number of esters is 1. The standard InChI is InChI=1S/C24H30ClNO4S/c1-3-6-20-15-18(7-4-12-26-28)8-10-22(20)30-13-5-14-31-23-11-9-19(16-21(23)25)17-24(27)29-2/h8-11,15-16H,3-7,12-14,17H2,1-2H3. The zero-order chi connectivity index (χ0) is 22.5. The second-order valence-corrected chi connectivity index (χ2v) is 8.76. The van der Waals surface area contributed by atoms with E-state index in [-0.39, 0.29) is 12.4 Å². The minimum Gasteiger partial charge on any atom is -0.493 e. The van der Waals surface area contributed by atoms with Crippen molar-refractivity contribution in [3.63, 3.8) is 0 Å². The van der Waals surface area contributed by atoms with Gasteiger partial charge in [-0.2, -0.15) is 4.91 Å². The molecule has 31 heavy (non-hydrogen) atoms. The monoisotopic (exact) mass is 463 g/mol. The Morgan fingerprint density at radius 2 is 1.90 bits per heavy atom. The van der Waals surface area contributed by atoms with Crippen molar-refractivity contribution in [1.29, 1.82) is 0 Å². The van der Waals surface area contributed by atoms with Crippen molar-refractivity contribution in [1.82, 2.24) is 0 Å². The highest BCUT2D eigenvalue weighted by Gasteiger charge is 2.08. The van der Waals surface area contributed by atoms with E-state index in [0.717, 1.165) is 54.1 Å². The van der Waals surface area contributed by atoms with Crippen molar-refractivity contribution in [3.05, 3.63) is 63.0 Å². The fourth-order valence-electron chi connectivity index (χ4n) is 3.17. The molecule has 2 aromatic rings. The lowest BCUT2D eigenvalue weighted by Crippen LogP contribution is -2.04. The fraction of sp³-hybridized carbons (Fsp3) is 0.458. The van der Waals surface area contributed by atoms with E-state index >= 15 is 0 Å². The van der Waals surface area contributed by atoms with Crippen molar-refractivity contribution in [2.45, 2.75) is 50.3 Å². The number of methoxy groups -OCH3 is 1. The first-order valence-corrected chi connectivity index (χ1v) is 12.0. The summed E-state index contributed by atoms with van der Waals surface area (Å²) in [4.78, 5) is 22.6. The van der Waals surface area contributed by atoms with Crippen LogP contribution in [-0.2, 0) is 28.8 Å². The summed E-state index contributed by atoms with van der Waals surface area (Å²) >= 11 is 8.03. The first kappa shape index (κ1) is 25.2. The maximum absolute atomic E-state index is 11.4.